The van der Waals surface area contributed by atoms with Crippen LogP contribution in [0.5, 0.6) is 0 Å². The van der Waals surface area contributed by atoms with Gasteiger partial charge < -0.3 is 5.21 Å². The lowest BCUT2D eigenvalue weighted by molar-refractivity contribution is 0.161. The molecule has 1 aromatic carbocycles. The normalized spacial score (nSPS) is 10.9. The molecule has 3 nitrogen and oxygen atoms in total. The fourth-order valence-electron chi connectivity index (χ4n) is 1.41. The van der Waals surface area contributed by atoms with Gasteiger partial charge in [-0.15, -0.1) is 0 Å². The average Bonchev–Trinajstić information content (AvgIpc) is 2.22. The molecule has 5 heteroatoms. The van der Waals surface area contributed by atoms with Gasteiger partial charge in [0, 0.05) is 11.9 Å². The van der Waals surface area contributed by atoms with Gasteiger partial charge >= 0.3 is 0 Å². The van der Waals surface area contributed by atoms with Crippen molar-refractivity contribution in [3.63, 3.8) is 0 Å². The van der Waals surface area contributed by atoms with Gasteiger partial charge in [-0.1, -0.05) is 29.3 Å². The first-order valence-electron chi connectivity index (χ1n) is 4.33. The first-order chi connectivity index (χ1) is 7.22. The van der Waals surface area contributed by atoms with Gasteiger partial charge in [-0.05, 0) is 23.8 Å². The quantitative estimate of drug-likeness (QED) is 0.629. The summed E-state index contributed by atoms with van der Waals surface area (Å²) in [4.78, 5) is 4.14. The maximum Gasteiger partial charge on any atom is 0.129 e. The Labute approximate surface area is 96.6 Å². The van der Waals surface area contributed by atoms with Crippen LogP contribution in [0.15, 0.2) is 24.3 Å². The number of fused-ring (bicyclic) bond motifs is 1. The molecular weight excluding hydrogens is 235 g/mol. The minimum atomic E-state index is 0.303. The number of nitrogens with zero attached hydrogens (tertiary/aromatic N) is 1. The van der Waals surface area contributed by atoms with Crippen LogP contribution in [-0.4, -0.2) is 10.2 Å². The van der Waals surface area contributed by atoms with Crippen LogP contribution in [-0.2, 0) is 6.54 Å². The molecule has 0 fully saturated rings. The Kier molecular flexibility index (Phi) is 3.07. The van der Waals surface area contributed by atoms with Gasteiger partial charge in [0.1, 0.15) is 5.15 Å². The number of pyridine rings is 1. The number of hydroxylamine groups is 1. The third kappa shape index (κ3) is 2.06. The molecule has 0 atom stereocenters. The van der Waals surface area contributed by atoms with Crippen molar-refractivity contribution in [1.29, 1.82) is 0 Å². The molecular formula is C10H8Cl2N2O. The van der Waals surface area contributed by atoms with Crippen molar-refractivity contribution in [2.24, 2.45) is 0 Å². The van der Waals surface area contributed by atoms with Crippen LogP contribution in [0.2, 0.25) is 10.2 Å². The molecule has 0 aliphatic rings. The molecule has 0 amide bonds. The largest absolute Gasteiger partial charge is 0.316 e. The molecule has 0 bridgehead atoms. The summed E-state index contributed by atoms with van der Waals surface area (Å²) in [6, 6.07) is 7.12. The highest BCUT2D eigenvalue weighted by molar-refractivity contribution is 6.36. The van der Waals surface area contributed by atoms with Crippen LogP contribution in [0.4, 0.5) is 0 Å². The van der Waals surface area contributed by atoms with E-state index in [0.717, 1.165) is 16.5 Å². The summed E-state index contributed by atoms with van der Waals surface area (Å²) in [6.45, 7) is 0.303. The van der Waals surface area contributed by atoms with Crippen LogP contribution in [0.25, 0.3) is 10.9 Å². The van der Waals surface area contributed by atoms with Crippen molar-refractivity contribution < 1.29 is 5.21 Å². The molecule has 2 rings (SSSR count). The lowest BCUT2D eigenvalue weighted by atomic mass is 10.1. The third-order valence-electron chi connectivity index (χ3n) is 2.12. The number of rotatable bonds is 2. The Bertz CT molecular complexity index is 502. The standard InChI is InChI=1S/C10H8Cl2N2O/c11-9-4-2-7-8(14-9)3-1-6(5-13-15)10(7)12/h1-4,13,15H,5H2. The summed E-state index contributed by atoms with van der Waals surface area (Å²) < 4.78 is 0. The zero-order valence-corrected chi connectivity index (χ0v) is 9.18. The van der Waals surface area contributed by atoms with Crippen LogP contribution in [0, 0.1) is 0 Å². The fourth-order valence-corrected chi connectivity index (χ4v) is 1.85. The molecule has 0 saturated heterocycles. The van der Waals surface area contributed by atoms with E-state index >= 15 is 0 Å². The lowest BCUT2D eigenvalue weighted by Gasteiger charge is -2.06. The summed E-state index contributed by atoms with van der Waals surface area (Å²) >= 11 is 11.9. The monoisotopic (exact) mass is 242 g/mol. The Balaban J connectivity index is 2.63. The van der Waals surface area contributed by atoms with Crippen LogP contribution >= 0.6 is 23.2 Å². The first-order valence-corrected chi connectivity index (χ1v) is 5.08. The van der Waals surface area contributed by atoms with Crippen molar-refractivity contribution in [1.82, 2.24) is 10.5 Å². The summed E-state index contributed by atoms with van der Waals surface area (Å²) in [6.07, 6.45) is 0. The summed E-state index contributed by atoms with van der Waals surface area (Å²) in [5, 5.41) is 10.5. The van der Waals surface area contributed by atoms with E-state index in [2.05, 4.69) is 10.5 Å². The van der Waals surface area contributed by atoms with Gasteiger partial charge in [-0.3, -0.25) is 0 Å². The van der Waals surface area contributed by atoms with E-state index in [9.17, 15) is 0 Å². The van der Waals surface area contributed by atoms with Gasteiger partial charge in [-0.25, -0.2) is 10.5 Å². The number of hydrogen-bond acceptors (Lipinski definition) is 3. The molecule has 78 valence electrons. The Hall–Kier alpha value is -0.870. The Morgan fingerprint density at radius 3 is 2.73 bits per heavy atom. The van der Waals surface area contributed by atoms with Gasteiger partial charge in [0.15, 0.2) is 0 Å². The summed E-state index contributed by atoms with van der Waals surface area (Å²) in [5.74, 6) is 0. The highest BCUT2D eigenvalue weighted by Crippen LogP contribution is 2.27. The van der Waals surface area contributed by atoms with E-state index in [1.165, 1.54) is 0 Å². The smallest absolute Gasteiger partial charge is 0.129 e. The summed E-state index contributed by atoms with van der Waals surface area (Å²) in [5.41, 5.74) is 3.63. The number of halogens is 2. The second kappa shape index (κ2) is 4.33. The molecule has 0 aliphatic carbocycles. The first kappa shape index (κ1) is 10.6. The molecule has 1 aromatic heterocycles. The third-order valence-corrected chi connectivity index (χ3v) is 2.78. The van der Waals surface area contributed by atoms with Crippen LogP contribution in [0.3, 0.4) is 0 Å². The van der Waals surface area contributed by atoms with Crippen LogP contribution in [0.1, 0.15) is 5.56 Å². The van der Waals surface area contributed by atoms with E-state index in [4.69, 9.17) is 28.4 Å². The zero-order chi connectivity index (χ0) is 10.8. The second-order valence-electron chi connectivity index (χ2n) is 3.07. The molecule has 2 N–H and O–H groups in total. The number of hydrogen-bond donors (Lipinski definition) is 2. The molecule has 0 unspecified atom stereocenters. The molecule has 0 spiro atoms. The SMILES string of the molecule is ONCc1ccc2nc(Cl)ccc2c1Cl. The second-order valence-corrected chi connectivity index (χ2v) is 3.84. The highest BCUT2D eigenvalue weighted by Gasteiger charge is 2.06. The van der Waals surface area contributed by atoms with E-state index in [0.29, 0.717) is 16.7 Å². The molecule has 0 aliphatic heterocycles. The van der Waals surface area contributed by atoms with Gasteiger partial charge in [0.25, 0.3) is 0 Å². The lowest BCUT2D eigenvalue weighted by Crippen LogP contribution is -2.06. The van der Waals surface area contributed by atoms with Crippen molar-refractivity contribution in [2.75, 3.05) is 0 Å². The molecule has 1 heterocycles. The molecule has 15 heavy (non-hydrogen) atoms. The Morgan fingerprint density at radius 1 is 1.20 bits per heavy atom. The van der Waals surface area contributed by atoms with Gasteiger partial charge in [0.2, 0.25) is 0 Å². The van der Waals surface area contributed by atoms with E-state index in [1.54, 1.807) is 12.1 Å². The molecule has 2 aromatic rings. The maximum atomic E-state index is 8.61. The molecule has 0 saturated carbocycles. The number of aromatic nitrogens is 1. The van der Waals surface area contributed by atoms with Gasteiger partial charge in [0.05, 0.1) is 10.5 Å². The van der Waals surface area contributed by atoms with Crippen molar-refractivity contribution >= 4 is 34.1 Å². The summed E-state index contributed by atoms with van der Waals surface area (Å²) in [7, 11) is 0. The predicted octanol–water partition coefficient (Wildman–Crippen LogP) is 3.02. The number of benzene rings is 1. The number of nitrogens with one attached hydrogen (secondary N) is 1. The maximum absolute atomic E-state index is 8.61. The zero-order valence-electron chi connectivity index (χ0n) is 7.67. The minimum Gasteiger partial charge on any atom is -0.316 e. The van der Waals surface area contributed by atoms with Crippen molar-refractivity contribution in [2.45, 2.75) is 6.54 Å². The topological polar surface area (TPSA) is 45.1 Å². The average molecular weight is 243 g/mol. The van der Waals surface area contributed by atoms with E-state index in [1.807, 2.05) is 12.1 Å². The van der Waals surface area contributed by atoms with Crippen molar-refractivity contribution in [3.8, 4) is 0 Å². The molecule has 0 radical (unpaired) electrons. The van der Waals surface area contributed by atoms with Gasteiger partial charge in [-0.2, -0.15) is 0 Å². The van der Waals surface area contributed by atoms with Crippen molar-refractivity contribution in [3.05, 3.63) is 40.0 Å². The highest BCUT2D eigenvalue weighted by atomic mass is 35.5. The fraction of sp³-hybridized carbons (Fsp3) is 0.100. The minimum absolute atomic E-state index is 0.303. The van der Waals surface area contributed by atoms with E-state index < -0.39 is 0 Å². The predicted molar refractivity (Wildman–Crippen MR) is 60.4 cm³/mol. The van der Waals surface area contributed by atoms with Crippen LogP contribution < -0.4 is 5.48 Å². The Morgan fingerprint density at radius 2 is 2.00 bits per heavy atom. The van der Waals surface area contributed by atoms with E-state index in [-0.39, 0.29) is 0 Å².